The molecular weight excluding hydrogens is 648 g/mol. The molecule has 13 heteroatoms. The normalized spacial score (nSPS) is 11.2. The Morgan fingerprint density at radius 1 is 0.961 bits per heavy atom. The van der Waals surface area contributed by atoms with Crippen LogP contribution in [-0.4, -0.2) is 65.1 Å². The maximum absolute atomic E-state index is 13.5. The van der Waals surface area contributed by atoms with Crippen molar-refractivity contribution in [3.63, 3.8) is 0 Å². The highest BCUT2D eigenvalue weighted by atomic mass is 16.5. The van der Waals surface area contributed by atoms with Crippen molar-refractivity contribution >= 4 is 45.6 Å². The van der Waals surface area contributed by atoms with E-state index in [1.807, 2.05) is 98.3 Å². The molecule has 0 unspecified atom stereocenters. The number of hydrogen-bond acceptors (Lipinski definition) is 9. The Labute approximate surface area is 292 Å². The Kier molecular flexibility index (Phi) is 8.53. The molecule has 13 nitrogen and oxygen atoms in total. The van der Waals surface area contributed by atoms with E-state index in [1.165, 1.54) is 18.5 Å². The maximum Gasteiger partial charge on any atom is 0.336 e. The number of nitrogens with one attached hydrogen (secondary N) is 2. The van der Waals surface area contributed by atoms with Crippen molar-refractivity contribution in [3.05, 3.63) is 113 Å². The van der Waals surface area contributed by atoms with Crippen molar-refractivity contribution in [3.8, 4) is 28.3 Å². The lowest BCUT2D eigenvalue weighted by Gasteiger charge is -2.19. The number of hydrogen-bond donors (Lipinski definition) is 4. The van der Waals surface area contributed by atoms with Crippen molar-refractivity contribution in [1.82, 2.24) is 29.8 Å². The zero-order chi connectivity index (χ0) is 35.8. The predicted octanol–water partition coefficient (Wildman–Crippen LogP) is 4.76. The minimum absolute atomic E-state index is 0.0681. The van der Waals surface area contributed by atoms with Crippen molar-refractivity contribution in [2.75, 3.05) is 38.8 Å². The Morgan fingerprint density at radius 3 is 2.49 bits per heavy atom. The van der Waals surface area contributed by atoms with Crippen LogP contribution in [0.15, 0.2) is 89.6 Å². The number of fused-ring (bicyclic) bond motifs is 3. The molecule has 3 aromatic carbocycles. The number of aromatic carboxylic acids is 1. The van der Waals surface area contributed by atoms with Crippen LogP contribution >= 0.6 is 0 Å². The fourth-order valence-electron chi connectivity index (χ4n) is 5.91. The third-order valence-corrected chi connectivity index (χ3v) is 8.62. The van der Waals surface area contributed by atoms with Gasteiger partial charge in [0.1, 0.15) is 37.6 Å². The van der Waals surface area contributed by atoms with Gasteiger partial charge in [-0.1, -0.05) is 24.3 Å². The molecule has 0 saturated heterocycles. The standard InChI is InChI=1S/C38H34N8O5/c1-45(2)24-10-13-27-30(16-24)51-31-17-25(46(3)4)11-14-28(31)32(27)29-15-23(9-12-26(29)37(48)49)35(47)40-18-21-5-7-22(8-6-21)19-50-36-33-34(42-20-41-33)43-38(39)44-36/h5-17,20H,18-19H2,1-4H3,(H4-,39,40,41,42,43,44,47,48,49)/p+1. The zero-order valence-corrected chi connectivity index (χ0v) is 28.4. The number of H-pyrrole nitrogens is 1. The lowest BCUT2D eigenvalue weighted by molar-refractivity contribution is 0.0697. The molecular formula is C38H35N8O5+. The number of rotatable bonds is 9. The van der Waals surface area contributed by atoms with Crippen molar-refractivity contribution < 1.29 is 23.8 Å². The first-order valence-corrected chi connectivity index (χ1v) is 16.1. The molecule has 0 saturated carbocycles. The molecule has 2 aliphatic rings. The number of amides is 1. The Hall–Kier alpha value is -6.76. The second-order valence-electron chi connectivity index (χ2n) is 12.5. The average Bonchev–Trinajstić information content (AvgIpc) is 3.60. The molecule has 0 fully saturated rings. The summed E-state index contributed by atoms with van der Waals surface area (Å²) in [7, 11) is 7.77. The van der Waals surface area contributed by atoms with Crippen LogP contribution in [0.2, 0.25) is 0 Å². The highest BCUT2D eigenvalue weighted by molar-refractivity contribution is 6.09. The van der Waals surface area contributed by atoms with Gasteiger partial charge >= 0.3 is 5.97 Å². The second kappa shape index (κ2) is 13.3. The molecule has 0 radical (unpaired) electrons. The van der Waals surface area contributed by atoms with Gasteiger partial charge in [-0.05, 0) is 53.1 Å². The summed E-state index contributed by atoms with van der Waals surface area (Å²) >= 11 is 0. The van der Waals surface area contributed by atoms with Crippen molar-refractivity contribution in [2.45, 2.75) is 13.2 Å². The molecule has 0 bridgehead atoms. The molecule has 1 aliphatic carbocycles. The van der Waals surface area contributed by atoms with Crippen LogP contribution in [0, 0.1) is 0 Å². The second-order valence-corrected chi connectivity index (χ2v) is 12.5. The van der Waals surface area contributed by atoms with E-state index in [4.69, 9.17) is 14.9 Å². The number of ether oxygens (including phenoxy) is 1. The number of carboxylic acids is 1. The number of carbonyl (C=O) groups excluding carboxylic acids is 1. The Bertz CT molecular complexity index is 2500. The summed E-state index contributed by atoms with van der Waals surface area (Å²) in [5, 5.41) is 14.9. The van der Waals surface area contributed by atoms with E-state index in [0.717, 1.165) is 33.1 Å². The van der Waals surface area contributed by atoms with Gasteiger partial charge in [0, 0.05) is 60.5 Å². The number of aromatic amines is 1. The summed E-state index contributed by atoms with van der Waals surface area (Å²) in [6.07, 6.45) is 1.50. The van der Waals surface area contributed by atoms with Crippen molar-refractivity contribution in [1.29, 1.82) is 0 Å². The van der Waals surface area contributed by atoms with Gasteiger partial charge in [0.2, 0.25) is 17.2 Å². The molecule has 1 aliphatic heterocycles. The smallest absolute Gasteiger partial charge is 0.336 e. The minimum atomic E-state index is -1.10. The third-order valence-electron chi connectivity index (χ3n) is 8.62. The van der Waals surface area contributed by atoms with Crippen LogP contribution in [-0.2, 0) is 13.2 Å². The number of nitrogen functional groups attached to an aromatic ring is 1. The van der Waals surface area contributed by atoms with Gasteiger partial charge in [0.05, 0.1) is 18.0 Å². The van der Waals surface area contributed by atoms with Gasteiger partial charge in [0.25, 0.3) is 5.91 Å². The molecule has 0 spiro atoms. The predicted molar refractivity (Wildman–Crippen MR) is 195 cm³/mol. The van der Waals surface area contributed by atoms with Gasteiger partial charge < -0.3 is 35.2 Å². The fraction of sp³-hybridized carbons (Fsp3) is 0.158. The van der Waals surface area contributed by atoms with E-state index in [9.17, 15) is 14.7 Å². The zero-order valence-electron chi connectivity index (χ0n) is 28.4. The molecule has 256 valence electrons. The van der Waals surface area contributed by atoms with Crippen LogP contribution in [0.25, 0.3) is 44.6 Å². The summed E-state index contributed by atoms with van der Waals surface area (Å²) in [6, 6.07) is 23.9. The molecule has 3 heterocycles. The molecule has 0 atom stereocenters. The van der Waals surface area contributed by atoms with Gasteiger partial charge in [-0.15, -0.1) is 0 Å². The molecule has 5 N–H and O–H groups in total. The Morgan fingerprint density at radius 2 is 1.75 bits per heavy atom. The van der Waals surface area contributed by atoms with Gasteiger partial charge in [-0.3, -0.25) is 4.79 Å². The number of benzene rings is 4. The quantitative estimate of drug-likeness (QED) is 0.123. The fourth-order valence-corrected chi connectivity index (χ4v) is 5.91. The highest BCUT2D eigenvalue weighted by Crippen LogP contribution is 2.42. The SMILES string of the molecule is CN(C)c1ccc2c(-c3cc(C(=O)NCc4ccc(COc5nc(N)nc6nc[nH]c56)cc4)ccc3C(=O)O)c3ccc(=[N+](C)C)cc-3oc2c1. The van der Waals surface area contributed by atoms with E-state index in [1.54, 1.807) is 6.07 Å². The van der Waals surface area contributed by atoms with Crippen LogP contribution in [0.1, 0.15) is 31.8 Å². The van der Waals surface area contributed by atoms with Crippen LogP contribution in [0.3, 0.4) is 0 Å². The van der Waals surface area contributed by atoms with E-state index in [0.29, 0.717) is 45.1 Å². The monoisotopic (exact) mass is 683 g/mol. The first-order valence-electron chi connectivity index (χ1n) is 16.1. The lowest BCUT2D eigenvalue weighted by atomic mass is 9.89. The number of nitrogens with zero attached hydrogens (tertiary/aromatic N) is 5. The van der Waals surface area contributed by atoms with Gasteiger partial charge in [-0.2, -0.15) is 9.97 Å². The summed E-state index contributed by atoms with van der Waals surface area (Å²) in [6.45, 7) is 0.489. The number of aromatic nitrogens is 4. The molecule has 1 amide bonds. The number of imidazole rings is 1. The molecule has 2 aromatic heterocycles. The van der Waals surface area contributed by atoms with Gasteiger partial charge in [0.15, 0.2) is 5.65 Å². The summed E-state index contributed by atoms with van der Waals surface area (Å²) < 4.78 is 14.3. The largest absolute Gasteiger partial charge is 0.478 e. The number of nitrogens with two attached hydrogens (primary N) is 1. The number of anilines is 2. The summed E-state index contributed by atoms with van der Waals surface area (Å²) in [4.78, 5) is 43.4. The summed E-state index contributed by atoms with van der Waals surface area (Å²) in [5.41, 5.74) is 12.2. The minimum Gasteiger partial charge on any atom is -0.478 e. The van der Waals surface area contributed by atoms with Crippen LogP contribution < -0.4 is 30.6 Å². The lowest BCUT2D eigenvalue weighted by Crippen LogP contribution is -2.23. The number of carbonyl (C=O) groups is 2. The van der Waals surface area contributed by atoms with E-state index in [2.05, 4.69) is 25.3 Å². The average molecular weight is 684 g/mol. The third kappa shape index (κ3) is 6.52. The van der Waals surface area contributed by atoms with Gasteiger partial charge in [-0.25, -0.2) is 14.4 Å². The van der Waals surface area contributed by atoms with E-state index in [-0.39, 0.29) is 30.6 Å². The maximum atomic E-state index is 13.5. The summed E-state index contributed by atoms with van der Waals surface area (Å²) in [5.74, 6) is -0.476. The highest BCUT2D eigenvalue weighted by Gasteiger charge is 2.24. The van der Waals surface area contributed by atoms with Crippen LogP contribution in [0.4, 0.5) is 11.6 Å². The van der Waals surface area contributed by atoms with Crippen molar-refractivity contribution in [2.24, 2.45) is 0 Å². The molecule has 7 rings (SSSR count). The van der Waals surface area contributed by atoms with Crippen LogP contribution in [0.5, 0.6) is 5.88 Å². The first-order chi connectivity index (χ1) is 24.5. The molecule has 5 aromatic rings. The first kappa shape index (κ1) is 32.8. The topological polar surface area (TPSA) is 176 Å². The van der Waals surface area contributed by atoms with E-state index < -0.39 is 5.97 Å². The molecule has 51 heavy (non-hydrogen) atoms. The Balaban J connectivity index is 1.17. The number of carboxylic acid groups (broad SMARTS) is 1. The van der Waals surface area contributed by atoms with E-state index >= 15 is 0 Å².